The number of rotatable bonds is 7. The minimum Gasteiger partial charge on any atom is -0.372 e. The average molecular weight is 365 g/mol. The predicted octanol–water partition coefficient (Wildman–Crippen LogP) is 3.52. The van der Waals surface area contributed by atoms with Gasteiger partial charge in [0.1, 0.15) is 0 Å². The summed E-state index contributed by atoms with van der Waals surface area (Å²) in [6.45, 7) is 7.17. The highest BCUT2D eigenvalue weighted by Gasteiger charge is 2.34. The van der Waals surface area contributed by atoms with E-state index in [0.29, 0.717) is 13.1 Å². The van der Waals surface area contributed by atoms with Crippen LogP contribution >= 0.6 is 0 Å². The number of nitrogens with zero attached hydrogens (tertiary/aromatic N) is 2. The summed E-state index contributed by atoms with van der Waals surface area (Å²) in [6.07, 6.45) is 0.274. The van der Waals surface area contributed by atoms with Gasteiger partial charge >= 0.3 is 0 Å². The van der Waals surface area contributed by atoms with Crippen molar-refractivity contribution in [3.05, 3.63) is 60.2 Å². The van der Waals surface area contributed by atoms with E-state index in [2.05, 4.69) is 24.1 Å². The van der Waals surface area contributed by atoms with E-state index >= 15 is 0 Å². The van der Waals surface area contributed by atoms with Crippen LogP contribution in [0.1, 0.15) is 25.8 Å². The summed E-state index contributed by atoms with van der Waals surface area (Å²) in [6, 6.07) is 17.7. The SMILES string of the molecule is CCN(CC)c1ccc(NC(=O)[C@@H]2CC(=O)N(Cc3ccccc3)C2)cc1. The molecule has 5 heteroatoms. The van der Waals surface area contributed by atoms with Gasteiger partial charge in [-0.05, 0) is 43.7 Å². The molecule has 0 unspecified atom stereocenters. The first-order valence-corrected chi connectivity index (χ1v) is 9.58. The molecule has 1 aliphatic heterocycles. The Morgan fingerprint density at radius 1 is 1.07 bits per heavy atom. The van der Waals surface area contributed by atoms with E-state index in [1.165, 1.54) is 0 Å². The zero-order chi connectivity index (χ0) is 19.2. The fraction of sp³-hybridized carbons (Fsp3) is 0.364. The number of hydrogen-bond acceptors (Lipinski definition) is 3. The number of hydrogen-bond donors (Lipinski definition) is 1. The van der Waals surface area contributed by atoms with E-state index in [1.807, 2.05) is 54.6 Å². The molecule has 1 N–H and O–H groups in total. The number of anilines is 2. The lowest BCUT2D eigenvalue weighted by Gasteiger charge is -2.21. The molecule has 2 aromatic rings. The minimum atomic E-state index is -0.302. The fourth-order valence-corrected chi connectivity index (χ4v) is 3.49. The van der Waals surface area contributed by atoms with Crippen LogP contribution in [0.3, 0.4) is 0 Å². The van der Waals surface area contributed by atoms with E-state index in [9.17, 15) is 9.59 Å². The Morgan fingerprint density at radius 3 is 2.37 bits per heavy atom. The third-order valence-electron chi connectivity index (χ3n) is 5.06. The number of likely N-dealkylation sites (tertiary alicyclic amines) is 1. The van der Waals surface area contributed by atoms with Gasteiger partial charge in [-0.15, -0.1) is 0 Å². The number of benzene rings is 2. The molecule has 5 nitrogen and oxygen atoms in total. The number of carbonyl (C=O) groups is 2. The number of nitrogens with one attached hydrogen (secondary N) is 1. The first-order chi connectivity index (χ1) is 13.1. The van der Waals surface area contributed by atoms with Crippen molar-refractivity contribution in [3.63, 3.8) is 0 Å². The standard InChI is InChI=1S/C22H27N3O2/c1-3-24(4-2)20-12-10-19(11-13-20)23-22(27)18-14-21(26)25(16-18)15-17-8-6-5-7-9-17/h5-13,18H,3-4,14-16H2,1-2H3,(H,23,27)/t18-/m1/s1. The van der Waals surface area contributed by atoms with Gasteiger partial charge in [0.2, 0.25) is 11.8 Å². The average Bonchev–Trinajstić information content (AvgIpc) is 3.05. The second-order valence-corrected chi connectivity index (χ2v) is 6.87. The second-order valence-electron chi connectivity index (χ2n) is 6.87. The molecule has 0 aliphatic carbocycles. The van der Waals surface area contributed by atoms with Crippen molar-refractivity contribution in [2.75, 3.05) is 29.9 Å². The Balaban J connectivity index is 1.57. The van der Waals surface area contributed by atoms with Gasteiger partial charge in [0.15, 0.2) is 0 Å². The van der Waals surface area contributed by atoms with Crippen molar-refractivity contribution in [1.29, 1.82) is 0 Å². The summed E-state index contributed by atoms with van der Waals surface area (Å²) in [7, 11) is 0. The molecule has 1 aliphatic rings. The largest absolute Gasteiger partial charge is 0.372 e. The van der Waals surface area contributed by atoms with Gasteiger partial charge in [-0.1, -0.05) is 30.3 Å². The molecule has 3 rings (SSSR count). The quantitative estimate of drug-likeness (QED) is 0.817. The highest BCUT2D eigenvalue weighted by atomic mass is 16.2. The molecule has 0 aromatic heterocycles. The molecule has 27 heavy (non-hydrogen) atoms. The first-order valence-electron chi connectivity index (χ1n) is 9.58. The van der Waals surface area contributed by atoms with E-state index < -0.39 is 0 Å². The molecule has 1 heterocycles. The van der Waals surface area contributed by atoms with Crippen molar-refractivity contribution in [2.24, 2.45) is 5.92 Å². The highest BCUT2D eigenvalue weighted by Crippen LogP contribution is 2.23. The maximum Gasteiger partial charge on any atom is 0.229 e. The van der Waals surface area contributed by atoms with Gasteiger partial charge in [0.25, 0.3) is 0 Å². The maximum atomic E-state index is 12.6. The Kier molecular flexibility index (Phi) is 6.12. The molecule has 1 saturated heterocycles. The van der Waals surface area contributed by atoms with Gasteiger partial charge in [0, 0.05) is 44.0 Å². The smallest absolute Gasteiger partial charge is 0.229 e. The van der Waals surface area contributed by atoms with E-state index in [0.717, 1.165) is 30.0 Å². The Bertz CT molecular complexity index is 770. The molecule has 2 aromatic carbocycles. The molecule has 0 saturated carbocycles. The molecule has 1 atom stereocenters. The molecule has 2 amide bonds. The lowest BCUT2D eigenvalue weighted by molar-refractivity contribution is -0.128. The van der Waals surface area contributed by atoms with Crippen molar-refractivity contribution >= 4 is 23.2 Å². The van der Waals surface area contributed by atoms with Crippen LogP contribution in [0.5, 0.6) is 0 Å². The van der Waals surface area contributed by atoms with Crippen LogP contribution in [0.25, 0.3) is 0 Å². The van der Waals surface area contributed by atoms with Crippen molar-refractivity contribution in [1.82, 2.24) is 4.90 Å². The molecule has 0 bridgehead atoms. The molecule has 1 fully saturated rings. The van der Waals surface area contributed by atoms with E-state index in [1.54, 1.807) is 4.90 Å². The van der Waals surface area contributed by atoms with Crippen LogP contribution in [0.4, 0.5) is 11.4 Å². The van der Waals surface area contributed by atoms with Gasteiger partial charge in [-0.25, -0.2) is 0 Å². The Hall–Kier alpha value is -2.82. The monoisotopic (exact) mass is 365 g/mol. The van der Waals surface area contributed by atoms with Crippen LogP contribution in [0, 0.1) is 5.92 Å². The topological polar surface area (TPSA) is 52.7 Å². The van der Waals surface area contributed by atoms with Gasteiger partial charge < -0.3 is 15.1 Å². The van der Waals surface area contributed by atoms with Crippen molar-refractivity contribution in [2.45, 2.75) is 26.8 Å². The minimum absolute atomic E-state index is 0.0379. The van der Waals surface area contributed by atoms with Crippen LogP contribution in [0.2, 0.25) is 0 Å². The van der Waals surface area contributed by atoms with Crippen molar-refractivity contribution < 1.29 is 9.59 Å². The van der Waals surface area contributed by atoms with Gasteiger partial charge in [-0.3, -0.25) is 9.59 Å². The molecule has 0 spiro atoms. The van der Waals surface area contributed by atoms with Crippen LogP contribution in [-0.4, -0.2) is 36.3 Å². The highest BCUT2D eigenvalue weighted by molar-refractivity contribution is 5.97. The lowest BCUT2D eigenvalue weighted by atomic mass is 10.1. The molecular weight excluding hydrogens is 338 g/mol. The number of amides is 2. The zero-order valence-corrected chi connectivity index (χ0v) is 16.0. The molecule has 0 radical (unpaired) electrons. The summed E-state index contributed by atoms with van der Waals surface area (Å²) >= 11 is 0. The maximum absolute atomic E-state index is 12.6. The molecular formula is C22H27N3O2. The third kappa shape index (κ3) is 4.67. The lowest BCUT2D eigenvalue weighted by Crippen LogP contribution is -2.28. The van der Waals surface area contributed by atoms with Gasteiger partial charge in [-0.2, -0.15) is 0 Å². The Labute approximate surface area is 161 Å². The summed E-state index contributed by atoms with van der Waals surface area (Å²) in [4.78, 5) is 28.9. The third-order valence-corrected chi connectivity index (χ3v) is 5.06. The van der Waals surface area contributed by atoms with Gasteiger partial charge in [0.05, 0.1) is 5.92 Å². The van der Waals surface area contributed by atoms with Crippen LogP contribution in [0.15, 0.2) is 54.6 Å². The zero-order valence-electron chi connectivity index (χ0n) is 16.0. The summed E-state index contributed by atoms with van der Waals surface area (Å²) < 4.78 is 0. The Morgan fingerprint density at radius 2 is 1.74 bits per heavy atom. The normalized spacial score (nSPS) is 16.4. The van der Waals surface area contributed by atoms with Crippen LogP contribution < -0.4 is 10.2 Å². The summed E-state index contributed by atoms with van der Waals surface area (Å²) in [5.41, 5.74) is 2.99. The number of carbonyl (C=O) groups excluding carboxylic acids is 2. The first kappa shape index (κ1) is 19.0. The second kappa shape index (κ2) is 8.71. The summed E-state index contributed by atoms with van der Waals surface area (Å²) in [5.74, 6) is -0.353. The van der Waals surface area contributed by atoms with Crippen molar-refractivity contribution in [3.8, 4) is 0 Å². The molecule has 142 valence electrons. The summed E-state index contributed by atoms with van der Waals surface area (Å²) in [5, 5.41) is 2.95. The predicted molar refractivity (Wildman–Crippen MR) is 109 cm³/mol. The van der Waals surface area contributed by atoms with Crippen LogP contribution in [-0.2, 0) is 16.1 Å². The van der Waals surface area contributed by atoms with E-state index in [4.69, 9.17) is 0 Å². The van der Waals surface area contributed by atoms with E-state index in [-0.39, 0.29) is 24.2 Å². The fourth-order valence-electron chi connectivity index (χ4n) is 3.49.